The number of hydrogen-bond donors (Lipinski definition) is 0. The number of fused-ring (bicyclic) bond motifs is 1. The van der Waals surface area contributed by atoms with E-state index in [2.05, 4.69) is 47.1 Å². The number of anilines is 1. The minimum atomic E-state index is -0.484. The molecule has 1 aliphatic carbocycles. The zero-order valence-electron chi connectivity index (χ0n) is 21.3. The molecule has 0 bridgehead atoms. The van der Waals surface area contributed by atoms with Gasteiger partial charge in [-0.1, -0.05) is 34.7 Å². The largest absolute Gasteiger partial charge is 0.360 e. The van der Waals surface area contributed by atoms with Crippen LogP contribution < -0.4 is 4.90 Å². The lowest BCUT2D eigenvalue weighted by atomic mass is 9.92. The number of aryl methyl sites for hydroxylation is 3. The molecule has 1 spiro atoms. The van der Waals surface area contributed by atoms with Crippen LogP contribution in [0.5, 0.6) is 0 Å². The molecule has 2 aliphatic heterocycles. The van der Waals surface area contributed by atoms with E-state index in [1.54, 1.807) is 17.4 Å². The van der Waals surface area contributed by atoms with Gasteiger partial charge in [0.15, 0.2) is 17.2 Å². The number of hydrogen-bond acceptors (Lipinski definition) is 7. The summed E-state index contributed by atoms with van der Waals surface area (Å²) in [5, 5.41) is 5.42. The van der Waals surface area contributed by atoms with Gasteiger partial charge in [-0.2, -0.15) is 0 Å². The van der Waals surface area contributed by atoms with Gasteiger partial charge in [0.2, 0.25) is 0 Å². The highest BCUT2D eigenvalue weighted by Gasteiger charge is 2.48. The van der Waals surface area contributed by atoms with Crippen LogP contribution in [0.1, 0.15) is 65.9 Å². The molecule has 1 unspecified atom stereocenters. The van der Waals surface area contributed by atoms with E-state index in [0.717, 1.165) is 76.7 Å². The number of rotatable bonds is 4. The monoisotopic (exact) mass is 519 g/mol. The summed E-state index contributed by atoms with van der Waals surface area (Å²) in [7, 11) is 0. The fourth-order valence-electron chi connectivity index (χ4n) is 5.82. The Morgan fingerprint density at radius 2 is 1.84 bits per heavy atom. The lowest BCUT2D eigenvalue weighted by Crippen LogP contribution is -2.46. The molecule has 2 aromatic carbocycles. The molecule has 3 aliphatic rings. The third-order valence-corrected chi connectivity index (χ3v) is 9.10. The van der Waals surface area contributed by atoms with Gasteiger partial charge in [-0.15, -0.1) is 0 Å². The van der Waals surface area contributed by atoms with Crippen molar-refractivity contribution in [2.24, 2.45) is 0 Å². The second-order valence-corrected chi connectivity index (χ2v) is 11.9. The maximum atomic E-state index is 14.4. The molecule has 8 heteroatoms. The Morgan fingerprint density at radius 1 is 1.08 bits per heavy atom. The topological polar surface area (TPSA) is 60.6 Å². The van der Waals surface area contributed by atoms with Crippen LogP contribution >= 0.6 is 11.3 Å². The second kappa shape index (κ2) is 8.61. The predicted molar refractivity (Wildman–Crippen MR) is 142 cm³/mol. The van der Waals surface area contributed by atoms with Crippen LogP contribution in [0.3, 0.4) is 0 Å². The Morgan fingerprint density at radius 3 is 2.57 bits per heavy atom. The third-order valence-electron chi connectivity index (χ3n) is 8.04. The first kappa shape index (κ1) is 23.3. The highest BCUT2D eigenvalue weighted by molar-refractivity contribution is 7.22. The van der Waals surface area contributed by atoms with E-state index in [0.29, 0.717) is 18.0 Å². The van der Waals surface area contributed by atoms with Gasteiger partial charge in [0.1, 0.15) is 17.0 Å². The zero-order chi connectivity index (χ0) is 25.3. The smallest absolute Gasteiger partial charge is 0.190 e. The van der Waals surface area contributed by atoms with E-state index in [-0.39, 0.29) is 11.4 Å². The normalized spacial score (nSPS) is 21.4. The summed E-state index contributed by atoms with van der Waals surface area (Å²) in [5.74, 6) is 1.07. The van der Waals surface area contributed by atoms with Gasteiger partial charge < -0.3 is 18.9 Å². The Labute approximate surface area is 219 Å². The molecular weight excluding hydrogens is 489 g/mol. The van der Waals surface area contributed by atoms with Gasteiger partial charge in [-0.3, -0.25) is 0 Å². The van der Waals surface area contributed by atoms with Crippen molar-refractivity contribution in [2.75, 3.05) is 24.6 Å². The average molecular weight is 520 g/mol. The molecule has 0 N–H and O–H groups in total. The summed E-state index contributed by atoms with van der Waals surface area (Å²) >= 11 is 1.56. The molecular formula is C29H30FN3O3S. The van der Waals surface area contributed by atoms with Gasteiger partial charge in [-0.25, -0.2) is 9.37 Å². The number of piperidine rings is 1. The summed E-state index contributed by atoms with van der Waals surface area (Å²) in [4.78, 5) is 6.87. The minimum Gasteiger partial charge on any atom is -0.360 e. The molecule has 192 valence electrons. The van der Waals surface area contributed by atoms with E-state index in [9.17, 15) is 4.39 Å². The number of ether oxygens (including phenoxy) is 2. The van der Waals surface area contributed by atoms with Crippen molar-refractivity contribution in [3.8, 4) is 11.3 Å². The molecule has 6 nitrogen and oxygen atoms in total. The maximum Gasteiger partial charge on any atom is 0.190 e. The molecule has 37 heavy (non-hydrogen) atoms. The van der Waals surface area contributed by atoms with Crippen LogP contribution in [0.2, 0.25) is 0 Å². The molecule has 0 amide bonds. The Kier molecular flexibility index (Phi) is 5.43. The Balaban J connectivity index is 1.13. The zero-order valence-corrected chi connectivity index (χ0v) is 22.2. The van der Waals surface area contributed by atoms with E-state index in [4.69, 9.17) is 14.0 Å². The van der Waals surface area contributed by atoms with Crippen LogP contribution in [0.4, 0.5) is 9.52 Å². The molecule has 0 radical (unpaired) electrons. The van der Waals surface area contributed by atoms with Crippen LogP contribution in [-0.4, -0.2) is 35.4 Å². The molecule has 1 atom stereocenters. The predicted octanol–water partition coefficient (Wildman–Crippen LogP) is 6.98. The number of thiazole rings is 1. The highest BCUT2D eigenvalue weighted by atomic mass is 32.1. The molecule has 7 rings (SSSR count). The van der Waals surface area contributed by atoms with Crippen molar-refractivity contribution in [1.29, 1.82) is 0 Å². The van der Waals surface area contributed by atoms with E-state index < -0.39 is 6.29 Å². The van der Waals surface area contributed by atoms with Crippen molar-refractivity contribution in [3.63, 3.8) is 0 Å². The Hall–Kier alpha value is -2.81. The van der Waals surface area contributed by atoms with Crippen molar-refractivity contribution in [2.45, 2.75) is 64.3 Å². The quantitative estimate of drug-likeness (QED) is 0.290. The van der Waals surface area contributed by atoms with Gasteiger partial charge in [-0.05, 0) is 75.3 Å². The summed E-state index contributed by atoms with van der Waals surface area (Å²) in [6.45, 7) is 8.26. The fraction of sp³-hybridized carbons (Fsp3) is 0.448. The van der Waals surface area contributed by atoms with E-state index >= 15 is 0 Å². The molecule has 4 aromatic rings. The van der Waals surface area contributed by atoms with E-state index in [1.807, 2.05) is 13.0 Å². The van der Waals surface area contributed by atoms with Crippen LogP contribution in [-0.2, 0) is 9.47 Å². The lowest BCUT2D eigenvalue weighted by Gasteiger charge is -2.37. The summed E-state index contributed by atoms with van der Waals surface area (Å²) in [5.41, 5.74) is 6.29. The van der Waals surface area contributed by atoms with Gasteiger partial charge in [0.05, 0.1) is 22.5 Å². The van der Waals surface area contributed by atoms with Crippen molar-refractivity contribution >= 4 is 26.7 Å². The average Bonchev–Trinajstić information content (AvgIpc) is 3.28. The highest BCUT2D eigenvalue weighted by Crippen LogP contribution is 2.50. The van der Waals surface area contributed by atoms with E-state index in [1.165, 1.54) is 11.1 Å². The van der Waals surface area contributed by atoms with Gasteiger partial charge in [0.25, 0.3) is 0 Å². The molecule has 2 aromatic heterocycles. The number of halogens is 1. The standard InChI is InChI=1S/C29H30FN3O3S/c1-16-13-20(30)24-21(14-16)37-28(31-24)33-11-9-29(10-12-33)15-34-27(35-29)23-25(32-36-26(23)19-7-8-19)22-17(2)5-4-6-18(22)3/h4-6,13-14,19,27H,7-12,15H2,1-3H3. The van der Waals surface area contributed by atoms with Crippen molar-refractivity contribution < 1.29 is 18.4 Å². The maximum absolute atomic E-state index is 14.4. The van der Waals surface area contributed by atoms with Crippen LogP contribution in [0.15, 0.2) is 34.9 Å². The number of aromatic nitrogens is 2. The molecule has 2 saturated heterocycles. The second-order valence-electron chi connectivity index (χ2n) is 10.9. The number of benzene rings is 2. The first-order chi connectivity index (χ1) is 17.9. The Bertz CT molecular complexity index is 1480. The van der Waals surface area contributed by atoms with Gasteiger partial charge in [0, 0.05) is 24.6 Å². The van der Waals surface area contributed by atoms with Crippen molar-refractivity contribution in [3.05, 3.63) is 64.2 Å². The first-order valence-corrected chi connectivity index (χ1v) is 13.9. The molecule has 4 heterocycles. The number of nitrogens with zero attached hydrogens (tertiary/aromatic N) is 3. The lowest BCUT2D eigenvalue weighted by molar-refractivity contribution is -0.0994. The fourth-order valence-corrected chi connectivity index (χ4v) is 6.95. The van der Waals surface area contributed by atoms with Gasteiger partial charge >= 0.3 is 0 Å². The third kappa shape index (κ3) is 3.97. The van der Waals surface area contributed by atoms with Crippen LogP contribution in [0, 0.1) is 26.6 Å². The molecule has 1 saturated carbocycles. The summed E-state index contributed by atoms with van der Waals surface area (Å²) in [6, 6.07) is 9.85. The SMILES string of the molecule is Cc1cc(F)c2nc(N3CCC4(CC3)COC(c3c(-c5c(C)cccc5C)noc3C3CC3)O4)sc2c1. The van der Waals surface area contributed by atoms with Crippen molar-refractivity contribution in [1.82, 2.24) is 10.1 Å². The summed E-state index contributed by atoms with van der Waals surface area (Å²) < 4.78 is 34.4. The molecule has 3 fully saturated rings. The summed E-state index contributed by atoms with van der Waals surface area (Å²) in [6.07, 6.45) is 3.39. The first-order valence-electron chi connectivity index (χ1n) is 13.1. The minimum absolute atomic E-state index is 0.249. The van der Waals surface area contributed by atoms with Crippen LogP contribution in [0.25, 0.3) is 21.5 Å².